The fraction of sp³-hybridized carbons (Fsp3) is 0.636. The van der Waals surface area contributed by atoms with Crippen LogP contribution in [0.4, 0.5) is 11.4 Å². The van der Waals surface area contributed by atoms with Crippen LogP contribution in [0.5, 0.6) is 0 Å². The molecule has 2 amide bonds. The number of nitro groups is 1. The maximum absolute atomic E-state index is 13.1. The first-order chi connectivity index (χ1) is 15.3. The van der Waals surface area contributed by atoms with E-state index in [-0.39, 0.29) is 35.5 Å². The second kappa shape index (κ2) is 9.41. The first-order valence-corrected chi connectivity index (χ1v) is 11.3. The Morgan fingerprint density at radius 2 is 1.97 bits per heavy atom. The molecule has 10 heteroatoms. The number of non-ortho nitro benzene ring substituents is 1. The quantitative estimate of drug-likeness (QED) is 0.523. The van der Waals surface area contributed by atoms with Gasteiger partial charge in [0, 0.05) is 56.6 Å². The summed E-state index contributed by atoms with van der Waals surface area (Å²) in [6.07, 6.45) is 0.446. The molecule has 0 aromatic heterocycles. The topological polar surface area (TPSA) is 108 Å². The summed E-state index contributed by atoms with van der Waals surface area (Å²) in [6.45, 7) is 8.51. The fourth-order valence-electron chi connectivity index (χ4n) is 4.92. The third-order valence-electron chi connectivity index (χ3n) is 6.48. The number of hydrogen-bond donors (Lipinski definition) is 1. The number of nitrogens with one attached hydrogen (secondary N) is 1. The molecule has 0 aliphatic carbocycles. The lowest BCUT2D eigenvalue weighted by Gasteiger charge is -2.49. The van der Waals surface area contributed by atoms with Crippen LogP contribution < -0.4 is 10.2 Å². The Morgan fingerprint density at radius 1 is 1.22 bits per heavy atom. The average Bonchev–Trinajstić information content (AvgIpc) is 2.78. The number of fused-ring (bicyclic) bond motifs is 3. The van der Waals surface area contributed by atoms with Gasteiger partial charge in [-0.25, -0.2) is 0 Å². The van der Waals surface area contributed by atoms with Gasteiger partial charge in [0.05, 0.1) is 36.6 Å². The predicted molar refractivity (Wildman–Crippen MR) is 119 cm³/mol. The summed E-state index contributed by atoms with van der Waals surface area (Å²) in [5.41, 5.74) is 1.82. The number of amides is 2. The smallest absolute Gasteiger partial charge is 0.269 e. The highest BCUT2D eigenvalue weighted by molar-refractivity contribution is 5.83. The first kappa shape index (κ1) is 22.5. The SMILES string of the molecule is CC(C)NC(=O)C1Cc2cc([N+](=O)[O-])ccc2N2CCN(CC(=O)N3CCOCC3)CC12. The van der Waals surface area contributed by atoms with Crippen molar-refractivity contribution in [3.63, 3.8) is 0 Å². The molecule has 10 nitrogen and oxygen atoms in total. The number of hydrogen-bond acceptors (Lipinski definition) is 7. The summed E-state index contributed by atoms with van der Waals surface area (Å²) in [5, 5.41) is 14.3. The van der Waals surface area contributed by atoms with Gasteiger partial charge in [-0.15, -0.1) is 0 Å². The minimum Gasteiger partial charge on any atom is -0.378 e. The molecule has 1 aromatic rings. The summed E-state index contributed by atoms with van der Waals surface area (Å²) >= 11 is 0. The zero-order chi connectivity index (χ0) is 22.8. The highest BCUT2D eigenvalue weighted by Gasteiger charge is 2.42. The van der Waals surface area contributed by atoms with Crippen LogP contribution in [0.25, 0.3) is 0 Å². The molecule has 1 N–H and O–H groups in total. The molecule has 174 valence electrons. The van der Waals surface area contributed by atoms with Crippen molar-refractivity contribution in [3.8, 4) is 0 Å². The Kier molecular flexibility index (Phi) is 6.61. The van der Waals surface area contributed by atoms with E-state index in [2.05, 4.69) is 15.1 Å². The zero-order valence-corrected chi connectivity index (χ0v) is 18.7. The minimum absolute atomic E-state index is 0.00467. The second-order valence-corrected chi connectivity index (χ2v) is 9.03. The highest BCUT2D eigenvalue weighted by Crippen LogP contribution is 2.38. The number of ether oxygens (including phenoxy) is 1. The zero-order valence-electron chi connectivity index (χ0n) is 18.7. The van der Waals surface area contributed by atoms with E-state index in [9.17, 15) is 19.7 Å². The molecule has 0 spiro atoms. The van der Waals surface area contributed by atoms with Crippen LogP contribution >= 0.6 is 0 Å². The molecule has 3 aliphatic rings. The maximum atomic E-state index is 13.1. The molecule has 1 aromatic carbocycles. The van der Waals surface area contributed by atoms with Crippen LogP contribution in [-0.4, -0.2) is 91.1 Å². The fourth-order valence-corrected chi connectivity index (χ4v) is 4.92. The average molecular weight is 446 g/mol. The monoisotopic (exact) mass is 445 g/mol. The van der Waals surface area contributed by atoms with Gasteiger partial charge < -0.3 is 19.9 Å². The number of piperazine rings is 1. The van der Waals surface area contributed by atoms with Crippen molar-refractivity contribution in [1.82, 2.24) is 15.1 Å². The van der Waals surface area contributed by atoms with Crippen molar-refractivity contribution in [2.75, 3.05) is 57.4 Å². The molecule has 3 heterocycles. The summed E-state index contributed by atoms with van der Waals surface area (Å²) in [7, 11) is 0. The van der Waals surface area contributed by atoms with Crippen molar-refractivity contribution < 1.29 is 19.2 Å². The van der Waals surface area contributed by atoms with Crippen molar-refractivity contribution in [1.29, 1.82) is 0 Å². The number of nitrogens with zero attached hydrogens (tertiary/aromatic N) is 4. The van der Waals surface area contributed by atoms with Gasteiger partial charge >= 0.3 is 0 Å². The van der Waals surface area contributed by atoms with Crippen LogP contribution in [0.1, 0.15) is 19.4 Å². The third kappa shape index (κ3) is 4.71. The number of carbonyl (C=O) groups excluding carboxylic acids is 2. The van der Waals surface area contributed by atoms with Gasteiger partial charge in [-0.2, -0.15) is 0 Å². The van der Waals surface area contributed by atoms with E-state index in [1.54, 1.807) is 12.1 Å². The van der Waals surface area contributed by atoms with Gasteiger partial charge in [0.1, 0.15) is 0 Å². The number of benzene rings is 1. The van der Waals surface area contributed by atoms with Crippen LogP contribution in [0, 0.1) is 16.0 Å². The molecular weight excluding hydrogens is 414 g/mol. The number of anilines is 1. The Hall–Kier alpha value is -2.72. The molecule has 2 saturated heterocycles. The predicted octanol–water partition coefficient (Wildman–Crippen LogP) is 0.641. The number of rotatable bonds is 5. The van der Waals surface area contributed by atoms with E-state index in [1.807, 2.05) is 18.7 Å². The molecule has 2 fully saturated rings. The normalized spacial score (nSPS) is 23.5. The van der Waals surface area contributed by atoms with Crippen molar-refractivity contribution in [2.45, 2.75) is 32.4 Å². The lowest BCUT2D eigenvalue weighted by molar-refractivity contribution is -0.384. The molecule has 32 heavy (non-hydrogen) atoms. The second-order valence-electron chi connectivity index (χ2n) is 9.03. The molecule has 2 atom stereocenters. The summed E-state index contributed by atoms with van der Waals surface area (Å²) in [6, 6.07) is 4.83. The van der Waals surface area contributed by atoms with E-state index in [0.29, 0.717) is 58.9 Å². The number of morpholine rings is 1. The Morgan fingerprint density at radius 3 is 2.66 bits per heavy atom. The Bertz CT molecular complexity index is 885. The van der Waals surface area contributed by atoms with Crippen molar-refractivity contribution in [2.24, 2.45) is 5.92 Å². The molecule has 2 unspecified atom stereocenters. The van der Waals surface area contributed by atoms with Gasteiger partial charge in [-0.3, -0.25) is 24.6 Å². The summed E-state index contributed by atoms with van der Waals surface area (Å²) in [5.74, 6) is -0.293. The summed E-state index contributed by atoms with van der Waals surface area (Å²) in [4.78, 5) is 42.9. The van der Waals surface area contributed by atoms with Gasteiger partial charge in [0.2, 0.25) is 11.8 Å². The van der Waals surface area contributed by atoms with Crippen LogP contribution in [0.3, 0.4) is 0 Å². The van der Waals surface area contributed by atoms with Gasteiger partial charge in [0.15, 0.2) is 0 Å². The van der Waals surface area contributed by atoms with Gasteiger partial charge in [-0.1, -0.05) is 0 Å². The Labute approximate surface area is 187 Å². The van der Waals surface area contributed by atoms with Crippen molar-refractivity contribution in [3.05, 3.63) is 33.9 Å². The Balaban J connectivity index is 1.54. The van der Waals surface area contributed by atoms with E-state index >= 15 is 0 Å². The van der Waals surface area contributed by atoms with E-state index < -0.39 is 4.92 Å². The maximum Gasteiger partial charge on any atom is 0.269 e. The lowest BCUT2D eigenvalue weighted by atomic mass is 9.83. The molecule has 0 bridgehead atoms. The van der Waals surface area contributed by atoms with Crippen LogP contribution in [0.2, 0.25) is 0 Å². The van der Waals surface area contributed by atoms with E-state index in [4.69, 9.17) is 4.74 Å². The van der Waals surface area contributed by atoms with Crippen LogP contribution in [-0.2, 0) is 20.7 Å². The summed E-state index contributed by atoms with van der Waals surface area (Å²) < 4.78 is 5.34. The van der Waals surface area contributed by atoms with Gasteiger partial charge in [-0.05, 0) is 31.9 Å². The van der Waals surface area contributed by atoms with E-state index in [0.717, 1.165) is 11.3 Å². The van der Waals surface area contributed by atoms with E-state index in [1.165, 1.54) is 6.07 Å². The van der Waals surface area contributed by atoms with Crippen LogP contribution in [0.15, 0.2) is 18.2 Å². The standard InChI is InChI=1S/C22H31N5O5/c1-15(2)23-22(29)18-12-16-11-17(27(30)31)3-4-19(16)26-6-5-24(13-20(18)26)14-21(28)25-7-9-32-10-8-25/h3-4,11,15,18,20H,5-10,12-14H2,1-2H3,(H,23,29). The van der Waals surface area contributed by atoms with Gasteiger partial charge in [0.25, 0.3) is 5.69 Å². The molecule has 4 rings (SSSR count). The lowest BCUT2D eigenvalue weighted by Crippen LogP contribution is -2.62. The molecule has 0 radical (unpaired) electrons. The third-order valence-corrected chi connectivity index (χ3v) is 6.48. The molecule has 0 saturated carbocycles. The molecule has 3 aliphatic heterocycles. The highest BCUT2D eigenvalue weighted by atomic mass is 16.6. The molecular formula is C22H31N5O5. The first-order valence-electron chi connectivity index (χ1n) is 11.3. The minimum atomic E-state index is -0.398. The largest absolute Gasteiger partial charge is 0.378 e. The van der Waals surface area contributed by atoms with Crippen molar-refractivity contribution >= 4 is 23.2 Å². The number of carbonyl (C=O) groups is 2. The number of nitro benzene ring substituents is 1.